The average Bonchev–Trinajstić information content (AvgIpc) is 2.98. The fraction of sp³-hybridized carbons (Fsp3) is 0.182. The predicted octanol–water partition coefficient (Wildman–Crippen LogP) is 4.41. The molecule has 0 radical (unpaired) electrons. The van der Waals surface area contributed by atoms with E-state index in [2.05, 4.69) is 0 Å². The summed E-state index contributed by atoms with van der Waals surface area (Å²) in [5.74, 6) is -0.327. The molecule has 0 aliphatic heterocycles. The molecule has 0 aliphatic rings. The molecule has 132 valence electrons. The van der Waals surface area contributed by atoms with Gasteiger partial charge in [-0.3, -0.25) is 9.59 Å². The quantitative estimate of drug-likeness (QED) is 0.377. The average molecular weight is 347 g/mol. The number of aromatic nitrogens is 1. The zero-order valence-electron chi connectivity index (χ0n) is 14.9. The molecule has 0 bridgehead atoms. The first-order chi connectivity index (χ1) is 12.6. The summed E-state index contributed by atoms with van der Waals surface area (Å²) in [5, 5.41) is 0.991. The van der Waals surface area contributed by atoms with E-state index in [1.165, 1.54) is 0 Å². The van der Waals surface area contributed by atoms with Crippen LogP contribution in [0.15, 0.2) is 60.8 Å². The van der Waals surface area contributed by atoms with Crippen LogP contribution in [0.25, 0.3) is 17.0 Å². The van der Waals surface area contributed by atoms with Crippen LogP contribution in [0.3, 0.4) is 0 Å². The summed E-state index contributed by atoms with van der Waals surface area (Å²) >= 11 is 0. The lowest BCUT2D eigenvalue weighted by atomic mass is 10.1. The molecular formula is C22H21NO3. The van der Waals surface area contributed by atoms with Crippen molar-refractivity contribution in [2.24, 2.45) is 0 Å². The van der Waals surface area contributed by atoms with Crippen LogP contribution in [0.2, 0.25) is 0 Å². The van der Waals surface area contributed by atoms with Gasteiger partial charge in [-0.25, -0.2) is 0 Å². The molecule has 0 unspecified atom stereocenters. The van der Waals surface area contributed by atoms with Crippen molar-refractivity contribution in [2.45, 2.75) is 20.4 Å². The summed E-state index contributed by atoms with van der Waals surface area (Å²) in [5.41, 5.74) is 3.60. The molecule has 0 saturated heterocycles. The molecule has 0 fully saturated rings. The number of carbonyl (C=O) groups excluding carboxylic acids is 2. The standard InChI is InChI=1S/C22H21NO3/c1-3-26-22(25)15-23-14-18(19-6-4-5-7-20(19)23)12-13-21(24)17-10-8-16(2)9-11-17/h4-14H,3,15H2,1-2H3/b13-12+. The maximum absolute atomic E-state index is 12.4. The van der Waals surface area contributed by atoms with E-state index < -0.39 is 0 Å². The third kappa shape index (κ3) is 3.91. The van der Waals surface area contributed by atoms with Gasteiger partial charge in [-0.2, -0.15) is 0 Å². The SMILES string of the molecule is CCOC(=O)Cn1cc(/C=C/C(=O)c2ccc(C)cc2)c2ccccc21. The number of rotatable bonds is 6. The maximum atomic E-state index is 12.4. The Morgan fingerprint density at radius 1 is 1.08 bits per heavy atom. The third-order valence-corrected chi connectivity index (χ3v) is 4.17. The summed E-state index contributed by atoms with van der Waals surface area (Å²) in [6.07, 6.45) is 5.24. The van der Waals surface area contributed by atoms with Crippen LogP contribution >= 0.6 is 0 Å². The van der Waals surface area contributed by atoms with Crippen LogP contribution in [0.4, 0.5) is 0 Å². The number of esters is 1. The van der Waals surface area contributed by atoms with Crippen LogP contribution < -0.4 is 0 Å². The number of aryl methyl sites for hydroxylation is 1. The number of fused-ring (bicyclic) bond motifs is 1. The Balaban J connectivity index is 1.88. The first kappa shape index (κ1) is 17.7. The van der Waals surface area contributed by atoms with E-state index >= 15 is 0 Å². The Labute approximate surface area is 152 Å². The van der Waals surface area contributed by atoms with E-state index in [1.807, 2.05) is 66.2 Å². The summed E-state index contributed by atoms with van der Waals surface area (Å²) < 4.78 is 6.89. The van der Waals surface area contributed by atoms with Gasteiger partial charge in [0.25, 0.3) is 0 Å². The minimum Gasteiger partial charge on any atom is -0.465 e. The highest BCUT2D eigenvalue weighted by atomic mass is 16.5. The highest BCUT2D eigenvalue weighted by molar-refractivity contribution is 6.07. The molecular weight excluding hydrogens is 326 g/mol. The number of hydrogen-bond acceptors (Lipinski definition) is 3. The fourth-order valence-corrected chi connectivity index (χ4v) is 2.86. The summed E-state index contributed by atoms with van der Waals surface area (Å²) in [6, 6.07) is 15.3. The number of hydrogen-bond donors (Lipinski definition) is 0. The van der Waals surface area contributed by atoms with Crippen molar-refractivity contribution in [3.05, 3.63) is 77.5 Å². The number of allylic oxidation sites excluding steroid dienone is 1. The zero-order chi connectivity index (χ0) is 18.5. The highest BCUT2D eigenvalue weighted by Crippen LogP contribution is 2.23. The topological polar surface area (TPSA) is 48.3 Å². The molecule has 2 aromatic carbocycles. The molecule has 1 aromatic heterocycles. The molecule has 3 rings (SSSR count). The Kier molecular flexibility index (Phi) is 5.32. The predicted molar refractivity (Wildman–Crippen MR) is 103 cm³/mol. The minimum atomic E-state index is -0.278. The van der Waals surface area contributed by atoms with E-state index in [0.717, 1.165) is 22.0 Å². The zero-order valence-corrected chi connectivity index (χ0v) is 14.9. The van der Waals surface area contributed by atoms with Crippen LogP contribution in [0.5, 0.6) is 0 Å². The normalized spacial score (nSPS) is 11.2. The molecule has 1 heterocycles. The van der Waals surface area contributed by atoms with Gasteiger partial charge in [0, 0.05) is 28.2 Å². The van der Waals surface area contributed by atoms with E-state index in [1.54, 1.807) is 19.1 Å². The van der Waals surface area contributed by atoms with E-state index in [-0.39, 0.29) is 18.3 Å². The van der Waals surface area contributed by atoms with Crippen molar-refractivity contribution in [3.63, 3.8) is 0 Å². The molecule has 0 atom stereocenters. The lowest BCUT2D eigenvalue weighted by Crippen LogP contribution is -2.12. The molecule has 0 amide bonds. The third-order valence-electron chi connectivity index (χ3n) is 4.17. The smallest absolute Gasteiger partial charge is 0.325 e. The van der Waals surface area contributed by atoms with Gasteiger partial charge >= 0.3 is 5.97 Å². The largest absolute Gasteiger partial charge is 0.465 e. The Morgan fingerprint density at radius 3 is 2.54 bits per heavy atom. The van der Waals surface area contributed by atoms with Gasteiger partial charge in [-0.1, -0.05) is 48.0 Å². The Hall–Kier alpha value is -3.14. The number of nitrogens with zero attached hydrogens (tertiary/aromatic N) is 1. The van der Waals surface area contributed by atoms with Crippen LogP contribution in [0, 0.1) is 6.92 Å². The van der Waals surface area contributed by atoms with Gasteiger partial charge in [0.15, 0.2) is 5.78 Å². The Bertz CT molecular complexity index is 965. The van der Waals surface area contributed by atoms with Gasteiger partial charge in [0.05, 0.1) is 6.61 Å². The molecule has 26 heavy (non-hydrogen) atoms. The van der Waals surface area contributed by atoms with Gasteiger partial charge in [-0.05, 0) is 32.1 Å². The van der Waals surface area contributed by atoms with Gasteiger partial charge in [-0.15, -0.1) is 0 Å². The van der Waals surface area contributed by atoms with E-state index in [4.69, 9.17) is 4.74 Å². The van der Waals surface area contributed by atoms with E-state index in [0.29, 0.717) is 12.2 Å². The second kappa shape index (κ2) is 7.83. The van der Waals surface area contributed by atoms with Gasteiger partial charge in [0.2, 0.25) is 0 Å². The monoisotopic (exact) mass is 347 g/mol. The fourth-order valence-electron chi connectivity index (χ4n) is 2.86. The van der Waals surface area contributed by atoms with Gasteiger partial charge in [0.1, 0.15) is 6.54 Å². The van der Waals surface area contributed by atoms with Crippen LogP contribution in [-0.4, -0.2) is 22.9 Å². The van der Waals surface area contributed by atoms with E-state index in [9.17, 15) is 9.59 Å². The molecule has 0 aliphatic carbocycles. The number of ketones is 1. The summed E-state index contributed by atoms with van der Waals surface area (Å²) in [6.45, 7) is 4.28. The number of ether oxygens (including phenoxy) is 1. The van der Waals surface area contributed by atoms with Crippen LogP contribution in [0.1, 0.15) is 28.4 Å². The second-order valence-corrected chi connectivity index (χ2v) is 6.10. The first-order valence-corrected chi connectivity index (χ1v) is 8.61. The molecule has 0 saturated carbocycles. The number of benzene rings is 2. The number of carbonyl (C=O) groups is 2. The first-order valence-electron chi connectivity index (χ1n) is 8.61. The second-order valence-electron chi connectivity index (χ2n) is 6.10. The summed E-state index contributed by atoms with van der Waals surface area (Å²) in [4.78, 5) is 24.2. The van der Waals surface area contributed by atoms with Gasteiger partial charge < -0.3 is 9.30 Å². The van der Waals surface area contributed by atoms with Crippen molar-refractivity contribution >= 4 is 28.7 Å². The molecule has 3 aromatic rings. The maximum Gasteiger partial charge on any atom is 0.325 e. The lowest BCUT2D eigenvalue weighted by Gasteiger charge is -2.04. The summed E-state index contributed by atoms with van der Waals surface area (Å²) in [7, 11) is 0. The van der Waals surface area contributed by atoms with Crippen molar-refractivity contribution in [1.82, 2.24) is 4.57 Å². The lowest BCUT2D eigenvalue weighted by molar-refractivity contribution is -0.143. The molecule has 4 heteroatoms. The molecule has 0 spiro atoms. The highest BCUT2D eigenvalue weighted by Gasteiger charge is 2.10. The molecule has 4 nitrogen and oxygen atoms in total. The van der Waals surface area contributed by atoms with Crippen molar-refractivity contribution < 1.29 is 14.3 Å². The van der Waals surface area contributed by atoms with Crippen molar-refractivity contribution in [2.75, 3.05) is 6.61 Å². The van der Waals surface area contributed by atoms with Crippen molar-refractivity contribution in [1.29, 1.82) is 0 Å². The van der Waals surface area contributed by atoms with Crippen LogP contribution in [-0.2, 0) is 16.1 Å². The number of para-hydroxylation sites is 1. The Morgan fingerprint density at radius 2 is 1.81 bits per heavy atom. The minimum absolute atomic E-state index is 0.0489. The molecule has 0 N–H and O–H groups in total. The van der Waals surface area contributed by atoms with Crippen molar-refractivity contribution in [3.8, 4) is 0 Å².